The van der Waals surface area contributed by atoms with Crippen LogP contribution in [0.2, 0.25) is 0 Å². The molecule has 2 aliphatic rings. The number of hydrogen-bond donors (Lipinski definition) is 0. The van der Waals surface area contributed by atoms with Gasteiger partial charge in [-0.15, -0.1) is 0 Å². The standard InChI is InChI=1S/C21H23NO4S/c1-15(2)16-8-10-17(11-9-16)27(24,25)22-13-5-12-21(14-22)19-7-4-3-6-18(19)20(23)26-21/h3-4,6-11,15H,5,12-14H2,1-2H3. The molecule has 1 fully saturated rings. The Bertz CT molecular complexity index is 981. The molecule has 2 aromatic rings. The van der Waals surface area contributed by atoms with E-state index in [1.54, 1.807) is 24.3 Å². The Morgan fingerprint density at radius 3 is 2.48 bits per heavy atom. The van der Waals surface area contributed by atoms with Crippen molar-refractivity contribution in [3.63, 3.8) is 0 Å². The van der Waals surface area contributed by atoms with Crippen molar-refractivity contribution in [2.45, 2.75) is 43.1 Å². The van der Waals surface area contributed by atoms with Crippen LogP contribution in [0.1, 0.15) is 54.1 Å². The molecule has 0 radical (unpaired) electrons. The third kappa shape index (κ3) is 2.97. The highest BCUT2D eigenvalue weighted by atomic mass is 32.2. The number of fused-ring (bicyclic) bond motifs is 2. The van der Waals surface area contributed by atoms with Crippen LogP contribution in [0.3, 0.4) is 0 Å². The summed E-state index contributed by atoms with van der Waals surface area (Å²) in [6.45, 7) is 4.73. The number of sulfonamides is 1. The van der Waals surface area contributed by atoms with Crippen LogP contribution in [0.5, 0.6) is 0 Å². The van der Waals surface area contributed by atoms with Crippen molar-refractivity contribution in [1.29, 1.82) is 0 Å². The summed E-state index contributed by atoms with van der Waals surface area (Å²) >= 11 is 0. The van der Waals surface area contributed by atoms with Gasteiger partial charge in [0.15, 0.2) is 5.60 Å². The number of benzene rings is 2. The maximum Gasteiger partial charge on any atom is 0.339 e. The van der Waals surface area contributed by atoms with Crippen molar-refractivity contribution >= 4 is 16.0 Å². The molecule has 0 amide bonds. The molecule has 1 saturated heterocycles. The van der Waals surface area contributed by atoms with Crippen molar-refractivity contribution in [3.05, 3.63) is 65.2 Å². The number of piperidine rings is 1. The van der Waals surface area contributed by atoms with Crippen molar-refractivity contribution in [2.75, 3.05) is 13.1 Å². The van der Waals surface area contributed by atoms with Crippen molar-refractivity contribution < 1.29 is 17.9 Å². The van der Waals surface area contributed by atoms with Crippen LogP contribution < -0.4 is 0 Å². The normalized spacial score (nSPS) is 22.9. The minimum absolute atomic E-state index is 0.157. The maximum absolute atomic E-state index is 13.2. The second kappa shape index (κ2) is 6.46. The molecule has 2 heterocycles. The predicted octanol–water partition coefficient (Wildman–Crippen LogP) is 3.66. The summed E-state index contributed by atoms with van der Waals surface area (Å²) in [5.74, 6) is -0.0273. The Labute approximate surface area is 160 Å². The van der Waals surface area contributed by atoms with E-state index in [-0.39, 0.29) is 17.4 Å². The van der Waals surface area contributed by atoms with E-state index in [4.69, 9.17) is 4.74 Å². The molecule has 0 aliphatic carbocycles. The zero-order chi connectivity index (χ0) is 19.2. The van der Waals surface area contributed by atoms with E-state index < -0.39 is 15.6 Å². The Morgan fingerprint density at radius 1 is 1.07 bits per heavy atom. The molecule has 142 valence electrons. The molecule has 2 aromatic carbocycles. The van der Waals surface area contributed by atoms with Gasteiger partial charge in [-0.3, -0.25) is 0 Å². The van der Waals surface area contributed by atoms with Crippen molar-refractivity contribution in [2.24, 2.45) is 0 Å². The van der Waals surface area contributed by atoms with Gasteiger partial charge in [-0.25, -0.2) is 13.2 Å². The zero-order valence-corrected chi connectivity index (χ0v) is 16.3. The summed E-state index contributed by atoms with van der Waals surface area (Å²) in [6, 6.07) is 14.3. The lowest BCUT2D eigenvalue weighted by Crippen LogP contribution is -2.48. The van der Waals surface area contributed by atoms with Crippen LogP contribution in [-0.2, 0) is 20.4 Å². The monoisotopic (exact) mass is 385 g/mol. The Morgan fingerprint density at radius 2 is 1.78 bits per heavy atom. The Kier molecular flexibility index (Phi) is 4.35. The molecule has 27 heavy (non-hydrogen) atoms. The van der Waals surface area contributed by atoms with Crippen LogP contribution in [0.15, 0.2) is 53.4 Å². The number of esters is 1. The van der Waals surface area contributed by atoms with Gasteiger partial charge in [0, 0.05) is 12.1 Å². The number of ether oxygens (including phenoxy) is 1. The number of rotatable bonds is 3. The van der Waals surface area contributed by atoms with E-state index in [2.05, 4.69) is 13.8 Å². The van der Waals surface area contributed by atoms with Gasteiger partial charge in [0.2, 0.25) is 10.0 Å². The van der Waals surface area contributed by atoms with Gasteiger partial charge in [0.25, 0.3) is 0 Å². The number of carbonyl (C=O) groups excluding carboxylic acids is 1. The maximum atomic E-state index is 13.2. The predicted molar refractivity (Wildman–Crippen MR) is 102 cm³/mol. The molecule has 2 aliphatic heterocycles. The van der Waals surface area contributed by atoms with E-state index in [1.165, 1.54) is 4.31 Å². The number of hydrogen-bond acceptors (Lipinski definition) is 4. The third-order valence-electron chi connectivity index (χ3n) is 5.53. The lowest BCUT2D eigenvalue weighted by atomic mass is 9.86. The average Bonchev–Trinajstić information content (AvgIpc) is 2.93. The zero-order valence-electron chi connectivity index (χ0n) is 15.5. The lowest BCUT2D eigenvalue weighted by molar-refractivity contribution is -0.0345. The highest BCUT2D eigenvalue weighted by Gasteiger charge is 2.50. The molecule has 0 aromatic heterocycles. The topological polar surface area (TPSA) is 63.7 Å². The fraction of sp³-hybridized carbons (Fsp3) is 0.381. The minimum Gasteiger partial charge on any atom is -0.449 e. The van der Waals surface area contributed by atoms with E-state index >= 15 is 0 Å². The number of nitrogens with zero attached hydrogens (tertiary/aromatic N) is 1. The third-order valence-corrected chi connectivity index (χ3v) is 7.39. The first-order chi connectivity index (χ1) is 12.8. The van der Waals surface area contributed by atoms with Crippen LogP contribution in [0.25, 0.3) is 0 Å². The van der Waals surface area contributed by atoms with Gasteiger partial charge in [-0.1, -0.05) is 44.2 Å². The van der Waals surface area contributed by atoms with Crippen LogP contribution in [0, 0.1) is 0 Å². The summed E-state index contributed by atoms with van der Waals surface area (Å²) in [6.07, 6.45) is 1.28. The quantitative estimate of drug-likeness (QED) is 0.757. The fourth-order valence-electron chi connectivity index (χ4n) is 4.01. The molecule has 1 unspecified atom stereocenters. The smallest absolute Gasteiger partial charge is 0.339 e. The molecule has 0 N–H and O–H groups in total. The summed E-state index contributed by atoms with van der Waals surface area (Å²) < 4.78 is 33.6. The van der Waals surface area contributed by atoms with Crippen LogP contribution >= 0.6 is 0 Å². The Balaban J connectivity index is 1.66. The first-order valence-electron chi connectivity index (χ1n) is 9.26. The highest BCUT2D eigenvalue weighted by molar-refractivity contribution is 7.89. The highest BCUT2D eigenvalue weighted by Crippen LogP contribution is 2.43. The molecule has 1 atom stereocenters. The Hall–Kier alpha value is -2.18. The minimum atomic E-state index is -3.65. The van der Waals surface area contributed by atoms with Gasteiger partial charge < -0.3 is 4.74 Å². The summed E-state index contributed by atoms with van der Waals surface area (Å²) in [7, 11) is -3.65. The summed E-state index contributed by atoms with van der Waals surface area (Å²) in [5.41, 5.74) is 1.56. The molecular formula is C21H23NO4S. The van der Waals surface area contributed by atoms with Crippen LogP contribution in [-0.4, -0.2) is 31.8 Å². The van der Waals surface area contributed by atoms with Gasteiger partial charge in [-0.05, 0) is 42.5 Å². The van der Waals surface area contributed by atoms with Gasteiger partial charge >= 0.3 is 5.97 Å². The second-order valence-corrected chi connectivity index (χ2v) is 9.53. The largest absolute Gasteiger partial charge is 0.449 e. The first-order valence-corrected chi connectivity index (χ1v) is 10.7. The SMILES string of the molecule is CC(C)c1ccc(S(=O)(=O)N2CCCC3(C2)OC(=O)c2ccccc23)cc1. The summed E-state index contributed by atoms with van der Waals surface area (Å²) in [4.78, 5) is 12.6. The number of carbonyl (C=O) groups is 1. The second-order valence-electron chi connectivity index (χ2n) is 7.60. The van der Waals surface area contributed by atoms with Crippen LogP contribution in [0.4, 0.5) is 0 Å². The molecular weight excluding hydrogens is 362 g/mol. The molecule has 1 spiro atoms. The van der Waals surface area contributed by atoms with E-state index in [9.17, 15) is 13.2 Å². The van der Waals surface area contributed by atoms with Gasteiger partial charge in [0.1, 0.15) is 0 Å². The molecule has 0 bridgehead atoms. The molecule has 0 saturated carbocycles. The summed E-state index contributed by atoms with van der Waals surface area (Å²) in [5, 5.41) is 0. The van der Waals surface area contributed by atoms with Crippen molar-refractivity contribution in [3.8, 4) is 0 Å². The van der Waals surface area contributed by atoms with Gasteiger partial charge in [-0.2, -0.15) is 4.31 Å². The molecule has 6 heteroatoms. The lowest BCUT2D eigenvalue weighted by Gasteiger charge is -2.38. The first kappa shape index (κ1) is 18.2. The molecule has 4 rings (SSSR count). The average molecular weight is 385 g/mol. The van der Waals surface area contributed by atoms with E-state index in [0.29, 0.717) is 30.9 Å². The van der Waals surface area contributed by atoms with E-state index in [0.717, 1.165) is 11.1 Å². The fourth-order valence-corrected chi connectivity index (χ4v) is 5.54. The van der Waals surface area contributed by atoms with Crippen molar-refractivity contribution in [1.82, 2.24) is 4.31 Å². The molecule has 5 nitrogen and oxygen atoms in total. The van der Waals surface area contributed by atoms with E-state index in [1.807, 2.05) is 24.3 Å². The van der Waals surface area contributed by atoms with Gasteiger partial charge in [0.05, 0.1) is 17.0 Å².